The molecule has 0 aromatic carbocycles. The molecule has 1 saturated heterocycles. The molecule has 1 aliphatic heterocycles. The molecular formula is C10H11F3N2O4. The third kappa shape index (κ3) is 2.71. The molecule has 0 saturated carbocycles. The lowest BCUT2D eigenvalue weighted by molar-refractivity contribution is -0.202. The van der Waals surface area contributed by atoms with E-state index in [9.17, 15) is 22.8 Å². The number of nitrogens with zero attached hydrogens (tertiary/aromatic N) is 1. The highest BCUT2D eigenvalue weighted by atomic mass is 19.4. The van der Waals surface area contributed by atoms with Gasteiger partial charge >= 0.3 is 11.9 Å². The van der Waals surface area contributed by atoms with Crippen LogP contribution in [-0.4, -0.2) is 29.1 Å². The summed E-state index contributed by atoms with van der Waals surface area (Å²) in [6.45, 7) is 0. The van der Waals surface area contributed by atoms with Crippen molar-refractivity contribution in [1.82, 2.24) is 9.55 Å². The number of H-pyrrole nitrogens is 1. The van der Waals surface area contributed by atoms with Crippen molar-refractivity contribution in [2.24, 2.45) is 5.92 Å². The highest BCUT2D eigenvalue weighted by Gasteiger charge is 2.52. The normalized spacial score (nSPS) is 27.7. The summed E-state index contributed by atoms with van der Waals surface area (Å²) >= 11 is 0. The molecule has 0 spiro atoms. The van der Waals surface area contributed by atoms with Crippen LogP contribution in [0.4, 0.5) is 13.2 Å². The van der Waals surface area contributed by atoms with E-state index in [0.29, 0.717) is 4.57 Å². The average molecular weight is 280 g/mol. The van der Waals surface area contributed by atoms with Crippen LogP contribution < -0.4 is 11.2 Å². The molecule has 1 aliphatic rings. The largest absolute Gasteiger partial charge is 0.396 e. The Kier molecular flexibility index (Phi) is 3.50. The molecule has 2 heterocycles. The predicted molar refractivity (Wildman–Crippen MR) is 56.4 cm³/mol. The van der Waals surface area contributed by atoms with Gasteiger partial charge in [-0.1, -0.05) is 0 Å². The molecule has 19 heavy (non-hydrogen) atoms. The topological polar surface area (TPSA) is 73.3 Å². The molecule has 0 aliphatic carbocycles. The summed E-state index contributed by atoms with van der Waals surface area (Å²) < 4.78 is 49.2. The predicted octanol–water partition coefficient (Wildman–Crippen LogP) is 0.607. The van der Waals surface area contributed by atoms with Crippen molar-refractivity contribution in [2.45, 2.75) is 25.1 Å². The molecule has 106 valence electrons. The second kappa shape index (κ2) is 4.82. The lowest BCUT2D eigenvalue weighted by Gasteiger charge is -2.22. The lowest BCUT2D eigenvalue weighted by atomic mass is 10.1. The number of aromatic nitrogens is 2. The van der Waals surface area contributed by atoms with Crippen molar-refractivity contribution < 1.29 is 22.6 Å². The SMILES string of the molecule is CO[C@@H]1C[C@H](C(F)(F)F)[C@H](n2ccc(=O)[nH]c2=O)O1. The number of halogens is 3. The van der Waals surface area contributed by atoms with Crippen molar-refractivity contribution in [1.29, 1.82) is 0 Å². The summed E-state index contributed by atoms with van der Waals surface area (Å²) in [5, 5.41) is 0. The third-order valence-corrected chi connectivity index (χ3v) is 2.89. The van der Waals surface area contributed by atoms with E-state index in [1.54, 1.807) is 0 Å². The van der Waals surface area contributed by atoms with Crippen LogP contribution in [0.15, 0.2) is 21.9 Å². The first kappa shape index (κ1) is 13.8. The second-order valence-corrected chi connectivity index (χ2v) is 4.09. The molecule has 1 N–H and O–H groups in total. The Morgan fingerprint density at radius 1 is 1.47 bits per heavy atom. The first-order valence-corrected chi connectivity index (χ1v) is 5.39. The quantitative estimate of drug-likeness (QED) is 0.861. The van der Waals surface area contributed by atoms with Gasteiger partial charge in [0, 0.05) is 25.8 Å². The highest BCUT2D eigenvalue weighted by Crippen LogP contribution is 2.44. The van der Waals surface area contributed by atoms with Gasteiger partial charge in [-0.05, 0) is 0 Å². The molecule has 9 heteroatoms. The van der Waals surface area contributed by atoms with Gasteiger partial charge in [0.05, 0.1) is 0 Å². The summed E-state index contributed by atoms with van der Waals surface area (Å²) in [5.74, 6) is -1.87. The van der Waals surface area contributed by atoms with E-state index in [-0.39, 0.29) is 0 Å². The van der Waals surface area contributed by atoms with Crippen LogP contribution in [0.25, 0.3) is 0 Å². The van der Waals surface area contributed by atoms with E-state index in [1.165, 1.54) is 7.11 Å². The third-order valence-electron chi connectivity index (χ3n) is 2.89. The number of nitrogens with one attached hydrogen (secondary N) is 1. The van der Waals surface area contributed by atoms with Crippen LogP contribution >= 0.6 is 0 Å². The fraction of sp³-hybridized carbons (Fsp3) is 0.600. The lowest BCUT2D eigenvalue weighted by Crippen LogP contribution is -2.37. The summed E-state index contributed by atoms with van der Waals surface area (Å²) in [6, 6.07) is 0.957. The Morgan fingerprint density at radius 3 is 2.68 bits per heavy atom. The van der Waals surface area contributed by atoms with Gasteiger partial charge in [-0.25, -0.2) is 4.79 Å². The zero-order chi connectivity index (χ0) is 14.2. The number of hydrogen-bond donors (Lipinski definition) is 1. The van der Waals surface area contributed by atoms with Gasteiger partial charge in [-0.15, -0.1) is 0 Å². The van der Waals surface area contributed by atoms with Crippen molar-refractivity contribution in [3.8, 4) is 0 Å². The van der Waals surface area contributed by atoms with E-state index in [1.807, 2.05) is 4.98 Å². The van der Waals surface area contributed by atoms with Crippen LogP contribution in [0.2, 0.25) is 0 Å². The van der Waals surface area contributed by atoms with E-state index < -0.39 is 42.3 Å². The molecule has 1 fully saturated rings. The van der Waals surface area contributed by atoms with Crippen molar-refractivity contribution in [3.63, 3.8) is 0 Å². The van der Waals surface area contributed by atoms with E-state index in [0.717, 1.165) is 12.3 Å². The zero-order valence-electron chi connectivity index (χ0n) is 9.81. The van der Waals surface area contributed by atoms with Gasteiger partial charge in [0.15, 0.2) is 12.5 Å². The van der Waals surface area contributed by atoms with Crippen molar-refractivity contribution >= 4 is 0 Å². The number of rotatable bonds is 2. The first-order valence-electron chi connectivity index (χ1n) is 5.39. The zero-order valence-corrected chi connectivity index (χ0v) is 9.81. The fourth-order valence-electron chi connectivity index (χ4n) is 1.96. The smallest absolute Gasteiger partial charge is 0.356 e. The molecule has 3 atom stereocenters. The average Bonchev–Trinajstić information content (AvgIpc) is 2.72. The molecule has 6 nitrogen and oxygen atoms in total. The van der Waals surface area contributed by atoms with Gasteiger partial charge < -0.3 is 9.47 Å². The molecule has 0 radical (unpaired) electrons. The summed E-state index contributed by atoms with van der Waals surface area (Å²) in [5.41, 5.74) is -1.64. The summed E-state index contributed by atoms with van der Waals surface area (Å²) in [6.07, 6.45) is -6.56. The Morgan fingerprint density at radius 2 is 2.16 bits per heavy atom. The standard InChI is InChI=1S/C10H11F3N2O4/c1-18-7-4-5(10(11,12)13)8(19-7)15-3-2-6(16)14-9(15)17/h2-3,5,7-8H,4H2,1H3,(H,14,16,17)/t5-,7-,8+/m0/s1. The Labute approximate surface area is 104 Å². The second-order valence-electron chi connectivity index (χ2n) is 4.09. The Bertz CT molecular complexity index is 565. The molecular weight excluding hydrogens is 269 g/mol. The maximum Gasteiger partial charge on any atom is 0.396 e. The minimum atomic E-state index is -4.53. The van der Waals surface area contributed by atoms with Gasteiger partial charge in [0.2, 0.25) is 0 Å². The fourth-order valence-corrected chi connectivity index (χ4v) is 1.96. The monoisotopic (exact) mass is 280 g/mol. The van der Waals surface area contributed by atoms with E-state index in [2.05, 4.69) is 0 Å². The van der Waals surface area contributed by atoms with E-state index >= 15 is 0 Å². The number of hydrogen-bond acceptors (Lipinski definition) is 4. The molecule has 0 bridgehead atoms. The maximum absolute atomic E-state index is 12.9. The number of methoxy groups -OCH3 is 1. The van der Waals surface area contributed by atoms with Crippen LogP contribution in [0.5, 0.6) is 0 Å². The number of alkyl halides is 3. The molecule has 1 aromatic rings. The van der Waals surface area contributed by atoms with Crippen LogP contribution in [-0.2, 0) is 9.47 Å². The summed E-state index contributed by atoms with van der Waals surface area (Å²) in [4.78, 5) is 24.3. The van der Waals surface area contributed by atoms with Gasteiger partial charge in [-0.2, -0.15) is 13.2 Å². The highest BCUT2D eigenvalue weighted by molar-refractivity contribution is 4.89. The Hall–Kier alpha value is -1.61. The van der Waals surface area contributed by atoms with Crippen LogP contribution in [0.3, 0.4) is 0 Å². The summed E-state index contributed by atoms with van der Waals surface area (Å²) in [7, 11) is 1.22. The van der Waals surface area contributed by atoms with Gasteiger partial charge in [-0.3, -0.25) is 14.3 Å². The first-order chi connectivity index (χ1) is 8.82. The molecule has 0 amide bonds. The van der Waals surface area contributed by atoms with Crippen molar-refractivity contribution in [3.05, 3.63) is 33.1 Å². The van der Waals surface area contributed by atoms with Crippen LogP contribution in [0, 0.1) is 5.92 Å². The number of aromatic amines is 1. The molecule has 2 rings (SSSR count). The van der Waals surface area contributed by atoms with Gasteiger partial charge in [0.25, 0.3) is 5.56 Å². The maximum atomic E-state index is 12.9. The Balaban J connectivity index is 2.40. The van der Waals surface area contributed by atoms with Crippen LogP contribution in [0.1, 0.15) is 12.6 Å². The van der Waals surface area contributed by atoms with Crippen molar-refractivity contribution in [2.75, 3.05) is 7.11 Å². The van der Waals surface area contributed by atoms with E-state index in [4.69, 9.17) is 9.47 Å². The van der Waals surface area contributed by atoms with Gasteiger partial charge in [0.1, 0.15) is 5.92 Å². The molecule has 1 aromatic heterocycles. The molecule has 0 unspecified atom stereocenters. The minimum Gasteiger partial charge on any atom is -0.356 e. The number of ether oxygens (including phenoxy) is 2. The minimum absolute atomic E-state index is 0.407.